The Morgan fingerprint density at radius 1 is 0.812 bits per heavy atom. The first-order valence-electron chi connectivity index (χ1n) is 16.5. The van der Waals surface area contributed by atoms with Gasteiger partial charge in [-0.05, 0) is 117 Å². The van der Waals surface area contributed by atoms with E-state index in [2.05, 4.69) is 52.8 Å². The van der Waals surface area contributed by atoms with Crippen LogP contribution in [0.5, 0.6) is 11.5 Å². The maximum atomic E-state index is 11.5. The minimum atomic E-state index is -0.217. The van der Waals surface area contributed by atoms with Crippen molar-refractivity contribution in [2.24, 2.45) is 0 Å². The van der Waals surface area contributed by atoms with E-state index in [1.165, 1.54) is 30.9 Å². The zero-order chi connectivity index (χ0) is 34.2. The van der Waals surface area contributed by atoms with E-state index in [-0.39, 0.29) is 20.5 Å². The molecule has 0 bridgehead atoms. The molecule has 2 aromatic heterocycles. The van der Waals surface area contributed by atoms with Crippen molar-refractivity contribution in [2.45, 2.75) is 71.8 Å². The van der Waals surface area contributed by atoms with Gasteiger partial charge in [0.05, 0.1) is 27.1 Å². The lowest BCUT2D eigenvalue weighted by molar-refractivity contribution is -0.141. The molecule has 6 rings (SSSR count). The van der Waals surface area contributed by atoms with Crippen molar-refractivity contribution < 1.29 is 36.5 Å². The highest BCUT2D eigenvalue weighted by Crippen LogP contribution is 2.31. The second kappa shape index (κ2) is 15.9. The lowest BCUT2D eigenvalue weighted by Gasteiger charge is -2.24. The van der Waals surface area contributed by atoms with Gasteiger partial charge in [-0.1, -0.05) is 18.2 Å². The second-order valence-electron chi connectivity index (χ2n) is 12.4. The predicted octanol–water partition coefficient (Wildman–Crippen LogP) is 8.14. The molecule has 3 aromatic carbocycles. The van der Waals surface area contributed by atoms with Crippen LogP contribution in [0.15, 0.2) is 54.6 Å². The first-order valence-corrected chi connectivity index (χ1v) is 16.5. The summed E-state index contributed by atoms with van der Waals surface area (Å²) >= 11 is 0. The molecule has 1 aliphatic heterocycles. The highest BCUT2D eigenvalue weighted by molar-refractivity contribution is 5.87. The van der Waals surface area contributed by atoms with E-state index in [1.54, 1.807) is 12.1 Å². The number of phenolic OH excluding ortho intramolecular Hbond substituents is 1. The third-order valence-corrected chi connectivity index (χ3v) is 9.29. The summed E-state index contributed by atoms with van der Waals surface area (Å²) in [5.74, 6) is 1.29. The number of H-pyrrole nitrogens is 2. The number of methoxy groups -OCH3 is 2. The van der Waals surface area contributed by atoms with Crippen LogP contribution in [-0.4, -0.2) is 54.4 Å². The van der Waals surface area contributed by atoms with Crippen molar-refractivity contribution >= 4 is 33.7 Å². The van der Waals surface area contributed by atoms with Crippen molar-refractivity contribution in [1.82, 2.24) is 9.97 Å². The fourth-order valence-electron chi connectivity index (χ4n) is 6.44. The molecular weight excluding hydrogens is 608 g/mol. The molecule has 0 spiro atoms. The fraction of sp³-hybridized carbons (Fsp3) is 0.385. The number of aromatic nitrogens is 2. The maximum absolute atomic E-state index is 11.5. The van der Waals surface area contributed by atoms with Gasteiger partial charge in [-0.25, -0.2) is 0 Å². The third-order valence-electron chi connectivity index (χ3n) is 9.29. The van der Waals surface area contributed by atoms with Crippen LogP contribution in [0, 0.1) is 20.8 Å². The minimum Gasteiger partial charge on any atom is -0.508 e. The Bertz CT molecular complexity index is 1890. The van der Waals surface area contributed by atoms with Crippen LogP contribution in [-0.2, 0) is 43.2 Å². The molecule has 0 amide bonds. The smallest absolute Gasteiger partial charge is 0.305 e. The van der Waals surface area contributed by atoms with E-state index in [0.717, 1.165) is 76.1 Å². The normalized spacial score (nSPS) is 13.3. The van der Waals surface area contributed by atoms with E-state index >= 15 is 0 Å². The Balaban J connectivity index is 0.000000304. The van der Waals surface area contributed by atoms with Gasteiger partial charge >= 0.3 is 11.9 Å². The van der Waals surface area contributed by atoms with Gasteiger partial charge in [0, 0.05) is 49.3 Å². The molecule has 0 aliphatic carbocycles. The van der Waals surface area contributed by atoms with Gasteiger partial charge in [0.25, 0.3) is 0 Å². The fourth-order valence-corrected chi connectivity index (χ4v) is 6.44. The zero-order valence-electron chi connectivity index (χ0n) is 28.5. The summed E-state index contributed by atoms with van der Waals surface area (Å²) in [5.41, 5.74) is 10.3. The summed E-state index contributed by atoms with van der Waals surface area (Å²) in [5, 5.41) is 11.6. The van der Waals surface area contributed by atoms with Crippen LogP contribution in [0.4, 0.5) is 0 Å². The van der Waals surface area contributed by atoms with Crippen molar-refractivity contribution in [3.05, 3.63) is 93.8 Å². The summed E-state index contributed by atoms with van der Waals surface area (Å²) in [6.07, 6.45) is 4.20. The van der Waals surface area contributed by atoms with Crippen LogP contribution in [0.3, 0.4) is 0 Å². The van der Waals surface area contributed by atoms with Crippen LogP contribution in [0.25, 0.3) is 21.8 Å². The number of carbonyl (C=O) groups excluding carboxylic acids is 2. The van der Waals surface area contributed by atoms with Gasteiger partial charge in [-0.3, -0.25) is 9.59 Å². The maximum Gasteiger partial charge on any atom is 0.305 e. The third kappa shape index (κ3) is 8.39. The van der Waals surface area contributed by atoms with Gasteiger partial charge in [-0.2, -0.15) is 0 Å². The van der Waals surface area contributed by atoms with E-state index in [0.29, 0.717) is 38.2 Å². The largest absolute Gasteiger partial charge is 0.508 e. The Morgan fingerprint density at radius 3 is 1.98 bits per heavy atom. The average Bonchev–Trinajstić information content (AvgIpc) is 3.59. The van der Waals surface area contributed by atoms with Gasteiger partial charge < -0.3 is 34.0 Å². The lowest BCUT2D eigenvalue weighted by atomic mass is 9.88. The minimum absolute atomic E-state index is 0. The van der Waals surface area contributed by atoms with E-state index < -0.39 is 0 Å². The molecule has 9 nitrogen and oxygen atoms in total. The van der Waals surface area contributed by atoms with Crippen LogP contribution in [0.1, 0.15) is 73.7 Å². The number of fused-ring (bicyclic) bond motifs is 2. The molecule has 9 heteroatoms. The molecule has 48 heavy (non-hydrogen) atoms. The summed E-state index contributed by atoms with van der Waals surface area (Å²) < 4.78 is 21.0. The zero-order valence-corrected chi connectivity index (χ0v) is 28.5. The molecule has 3 heterocycles. The summed E-state index contributed by atoms with van der Waals surface area (Å²) in [7, 11) is 2.81. The molecule has 0 unspecified atom stereocenters. The van der Waals surface area contributed by atoms with E-state index in [9.17, 15) is 14.7 Å². The molecule has 3 N–H and O–H groups in total. The first kappa shape index (κ1) is 34.6. The number of carbonyl (C=O) groups is 2. The standard InChI is InChI=1S/C26H31NO4.C13H15NO3.2H2/c1-17-14-19(4-6-22(17)20-10-12-30-13-11-20)16-31-21-5-7-25-23(15-21)18(2)24(27-25)8-9-26(28)29-3;1-8-10-7-9(15)3-4-12(10)14-11(8)5-6-13(16)17-2;;/h4-7,14-15,20,27H,8-13,16H2,1-3H3;3-4,7,14-15H,5-6H2,1-2H3;2*1H. The number of aromatic amines is 2. The Morgan fingerprint density at radius 2 is 1.40 bits per heavy atom. The number of phenols is 1. The van der Waals surface area contributed by atoms with Crippen molar-refractivity contribution in [3.8, 4) is 11.5 Å². The van der Waals surface area contributed by atoms with E-state index in [1.807, 2.05) is 25.1 Å². The number of aryl methyl sites for hydroxylation is 5. The summed E-state index contributed by atoms with van der Waals surface area (Å²) in [6, 6.07) is 18.0. The summed E-state index contributed by atoms with van der Waals surface area (Å²) in [4.78, 5) is 29.2. The van der Waals surface area contributed by atoms with Crippen LogP contribution < -0.4 is 4.74 Å². The second-order valence-corrected chi connectivity index (χ2v) is 12.4. The quantitative estimate of drug-likeness (QED) is 0.129. The van der Waals surface area contributed by atoms with E-state index in [4.69, 9.17) is 14.2 Å². The highest BCUT2D eigenvalue weighted by atomic mass is 16.5. The van der Waals surface area contributed by atoms with Gasteiger partial charge in [0.2, 0.25) is 0 Å². The Kier molecular flexibility index (Phi) is 11.4. The SMILES string of the molecule is COC(=O)CCc1[nH]c2ccc(O)cc2c1C.COC(=O)CCc1[nH]c2ccc(OCc3ccc(C4CCOCC4)c(C)c3)cc2c1C.[HH].[HH]. The summed E-state index contributed by atoms with van der Waals surface area (Å²) in [6.45, 7) is 8.51. The van der Waals surface area contributed by atoms with Crippen molar-refractivity contribution in [3.63, 3.8) is 0 Å². The van der Waals surface area contributed by atoms with Gasteiger partial charge in [0.1, 0.15) is 18.1 Å². The van der Waals surface area contributed by atoms with Crippen LogP contribution >= 0.6 is 0 Å². The van der Waals surface area contributed by atoms with Gasteiger partial charge in [-0.15, -0.1) is 0 Å². The molecule has 0 radical (unpaired) electrons. The highest BCUT2D eigenvalue weighted by Gasteiger charge is 2.18. The number of ether oxygens (including phenoxy) is 4. The van der Waals surface area contributed by atoms with Crippen molar-refractivity contribution in [2.75, 3.05) is 27.4 Å². The topological polar surface area (TPSA) is 123 Å². The lowest BCUT2D eigenvalue weighted by Crippen LogP contribution is -2.15. The molecule has 0 saturated carbocycles. The molecule has 0 atom stereocenters. The van der Waals surface area contributed by atoms with Gasteiger partial charge in [0.15, 0.2) is 0 Å². The molecule has 1 saturated heterocycles. The predicted molar refractivity (Wildman–Crippen MR) is 191 cm³/mol. The number of aromatic hydroxyl groups is 1. The molecule has 1 aliphatic rings. The Hall–Kier alpha value is -4.76. The number of hydrogen-bond donors (Lipinski definition) is 3. The molecule has 5 aromatic rings. The number of nitrogens with one attached hydrogen (secondary N) is 2. The monoisotopic (exact) mass is 658 g/mol. The molecular formula is C39H50N2O7. The number of rotatable bonds is 10. The van der Waals surface area contributed by atoms with Crippen molar-refractivity contribution in [1.29, 1.82) is 0 Å². The number of esters is 2. The average molecular weight is 659 g/mol. The molecule has 258 valence electrons. The Labute approximate surface area is 284 Å². The number of hydrogen-bond acceptors (Lipinski definition) is 7. The number of benzene rings is 3. The van der Waals surface area contributed by atoms with Crippen LogP contribution in [0.2, 0.25) is 0 Å². The first-order chi connectivity index (χ1) is 23.2. The molecule has 1 fully saturated rings.